The van der Waals surface area contributed by atoms with E-state index in [0.717, 1.165) is 51.2 Å². The van der Waals surface area contributed by atoms with Crippen LogP contribution >= 0.6 is 11.3 Å². The van der Waals surface area contributed by atoms with E-state index >= 15 is 0 Å². The van der Waals surface area contributed by atoms with Crippen LogP contribution < -0.4 is 9.64 Å². The molecular formula is C21H26N2O3S. The van der Waals surface area contributed by atoms with Crippen molar-refractivity contribution in [1.29, 1.82) is 0 Å². The Hall–Kier alpha value is -2.05. The highest BCUT2D eigenvalue weighted by Crippen LogP contribution is 2.41. The zero-order valence-electron chi connectivity index (χ0n) is 15.7. The van der Waals surface area contributed by atoms with Gasteiger partial charge in [0.15, 0.2) is 0 Å². The van der Waals surface area contributed by atoms with Gasteiger partial charge < -0.3 is 19.3 Å². The van der Waals surface area contributed by atoms with Crippen LogP contribution in [0.1, 0.15) is 24.1 Å². The normalized spacial score (nSPS) is 18.7. The standard InChI is InChI=1S/C21H26N2O3S/c1-25-16-20(24)22-11-8-21(9-12-22)10-13-23(15-17-5-4-14-27-17)18-6-2-3-7-19(18)26-21/h2-7,14H,8-13,15-16H2,1H3. The van der Waals surface area contributed by atoms with Crippen LogP contribution in [0.4, 0.5) is 5.69 Å². The van der Waals surface area contributed by atoms with Crippen LogP contribution in [0.2, 0.25) is 0 Å². The number of piperidine rings is 1. The number of nitrogens with zero attached hydrogens (tertiary/aromatic N) is 2. The summed E-state index contributed by atoms with van der Waals surface area (Å²) < 4.78 is 11.6. The number of fused-ring (bicyclic) bond motifs is 1. The number of hydrogen-bond donors (Lipinski definition) is 0. The predicted molar refractivity (Wildman–Crippen MR) is 107 cm³/mol. The Morgan fingerprint density at radius 3 is 2.67 bits per heavy atom. The molecule has 4 rings (SSSR count). The molecule has 2 aliphatic rings. The monoisotopic (exact) mass is 386 g/mol. The summed E-state index contributed by atoms with van der Waals surface area (Å²) >= 11 is 1.79. The SMILES string of the molecule is COCC(=O)N1CCC2(CC1)CCN(Cc1cccs1)c1ccccc1O2. The molecule has 2 aromatic rings. The highest BCUT2D eigenvalue weighted by Gasteiger charge is 2.40. The summed E-state index contributed by atoms with van der Waals surface area (Å²) in [6.07, 6.45) is 2.70. The molecule has 0 atom stereocenters. The number of methoxy groups -OCH3 is 1. The Balaban J connectivity index is 1.51. The maximum atomic E-state index is 12.1. The van der Waals surface area contributed by atoms with Gasteiger partial charge in [-0.3, -0.25) is 4.79 Å². The number of amides is 1. The van der Waals surface area contributed by atoms with Crippen LogP contribution in [0, 0.1) is 0 Å². The molecule has 1 fully saturated rings. The van der Waals surface area contributed by atoms with E-state index in [1.807, 2.05) is 11.0 Å². The van der Waals surface area contributed by atoms with E-state index in [9.17, 15) is 4.79 Å². The third kappa shape index (κ3) is 3.96. The average molecular weight is 387 g/mol. The maximum absolute atomic E-state index is 12.1. The molecule has 144 valence electrons. The van der Waals surface area contributed by atoms with Gasteiger partial charge in [-0.2, -0.15) is 0 Å². The van der Waals surface area contributed by atoms with Crippen molar-refractivity contribution in [1.82, 2.24) is 4.90 Å². The number of likely N-dealkylation sites (tertiary alicyclic amines) is 1. The van der Waals surface area contributed by atoms with E-state index in [0.29, 0.717) is 0 Å². The largest absolute Gasteiger partial charge is 0.485 e. The van der Waals surface area contributed by atoms with Crippen LogP contribution in [0.5, 0.6) is 5.75 Å². The first-order valence-corrected chi connectivity index (χ1v) is 10.4. The van der Waals surface area contributed by atoms with Gasteiger partial charge in [-0.05, 0) is 23.6 Å². The van der Waals surface area contributed by atoms with Crippen LogP contribution in [0.25, 0.3) is 0 Å². The molecule has 0 aliphatic carbocycles. The van der Waals surface area contributed by atoms with Crippen molar-refractivity contribution < 1.29 is 14.3 Å². The Labute approximate surface area is 164 Å². The molecule has 27 heavy (non-hydrogen) atoms. The number of benzene rings is 1. The van der Waals surface area contributed by atoms with Gasteiger partial charge in [0.2, 0.25) is 5.91 Å². The van der Waals surface area contributed by atoms with Crippen LogP contribution in [-0.4, -0.2) is 49.8 Å². The molecule has 1 aromatic heterocycles. The molecule has 3 heterocycles. The molecule has 6 heteroatoms. The third-order valence-corrected chi connectivity index (χ3v) is 6.45. The second kappa shape index (κ2) is 7.90. The van der Waals surface area contributed by atoms with Crippen LogP contribution in [0.3, 0.4) is 0 Å². The number of ether oxygens (including phenoxy) is 2. The van der Waals surface area contributed by atoms with Gasteiger partial charge in [-0.1, -0.05) is 18.2 Å². The van der Waals surface area contributed by atoms with E-state index in [-0.39, 0.29) is 18.1 Å². The first-order valence-electron chi connectivity index (χ1n) is 9.51. The van der Waals surface area contributed by atoms with Crippen molar-refractivity contribution >= 4 is 22.9 Å². The van der Waals surface area contributed by atoms with Gasteiger partial charge in [0.05, 0.1) is 12.2 Å². The molecule has 5 nitrogen and oxygen atoms in total. The van der Waals surface area contributed by atoms with Crippen molar-refractivity contribution in [3.8, 4) is 5.75 Å². The Morgan fingerprint density at radius 1 is 1.15 bits per heavy atom. The maximum Gasteiger partial charge on any atom is 0.248 e. The quantitative estimate of drug-likeness (QED) is 0.806. The highest BCUT2D eigenvalue weighted by atomic mass is 32.1. The molecule has 1 aromatic carbocycles. The number of thiophene rings is 1. The fourth-order valence-corrected chi connectivity index (χ4v) is 4.75. The lowest BCUT2D eigenvalue weighted by Gasteiger charge is -2.41. The summed E-state index contributed by atoms with van der Waals surface area (Å²) in [5, 5.41) is 2.13. The molecule has 0 unspecified atom stereocenters. The summed E-state index contributed by atoms with van der Waals surface area (Å²) in [6.45, 7) is 3.49. The molecule has 0 saturated carbocycles. The van der Waals surface area contributed by atoms with Gasteiger partial charge in [-0.25, -0.2) is 0 Å². The first kappa shape index (κ1) is 18.3. The van der Waals surface area contributed by atoms with Gasteiger partial charge in [0.1, 0.15) is 18.0 Å². The molecule has 0 radical (unpaired) electrons. The second-order valence-electron chi connectivity index (χ2n) is 7.32. The zero-order valence-corrected chi connectivity index (χ0v) is 16.5. The van der Waals surface area contributed by atoms with Crippen molar-refractivity contribution in [2.24, 2.45) is 0 Å². The number of para-hydroxylation sites is 2. The van der Waals surface area contributed by atoms with E-state index in [1.54, 1.807) is 18.4 Å². The van der Waals surface area contributed by atoms with Gasteiger partial charge in [0.25, 0.3) is 0 Å². The Bertz CT molecular complexity index is 769. The summed E-state index contributed by atoms with van der Waals surface area (Å²) in [7, 11) is 1.57. The van der Waals surface area contributed by atoms with Gasteiger partial charge in [0, 0.05) is 50.9 Å². The van der Waals surface area contributed by atoms with Crippen molar-refractivity contribution in [2.45, 2.75) is 31.4 Å². The Kier molecular flexibility index (Phi) is 5.36. The highest BCUT2D eigenvalue weighted by molar-refractivity contribution is 7.09. The molecule has 2 aliphatic heterocycles. The predicted octanol–water partition coefficient (Wildman–Crippen LogP) is 3.54. The first-order chi connectivity index (χ1) is 13.2. The summed E-state index contributed by atoms with van der Waals surface area (Å²) in [5.74, 6) is 1.03. The Morgan fingerprint density at radius 2 is 1.93 bits per heavy atom. The van der Waals surface area contributed by atoms with E-state index in [2.05, 4.69) is 40.6 Å². The lowest BCUT2D eigenvalue weighted by molar-refractivity contribution is -0.138. The number of rotatable bonds is 4. The lowest BCUT2D eigenvalue weighted by atomic mass is 9.87. The molecule has 1 spiro atoms. The minimum Gasteiger partial charge on any atom is -0.485 e. The van der Waals surface area contributed by atoms with Crippen molar-refractivity contribution in [3.05, 3.63) is 46.7 Å². The summed E-state index contributed by atoms with van der Waals surface area (Å²) in [5.41, 5.74) is 0.977. The number of carbonyl (C=O) groups is 1. The third-order valence-electron chi connectivity index (χ3n) is 5.59. The summed E-state index contributed by atoms with van der Waals surface area (Å²) in [6, 6.07) is 12.6. The van der Waals surface area contributed by atoms with Crippen LogP contribution in [0.15, 0.2) is 41.8 Å². The molecule has 0 N–H and O–H groups in total. The smallest absolute Gasteiger partial charge is 0.248 e. The van der Waals surface area contributed by atoms with E-state index in [4.69, 9.17) is 9.47 Å². The fraction of sp³-hybridized carbons (Fsp3) is 0.476. The lowest BCUT2D eigenvalue weighted by Crippen LogP contribution is -2.50. The molecule has 0 bridgehead atoms. The zero-order chi connectivity index (χ0) is 18.7. The van der Waals surface area contributed by atoms with Gasteiger partial charge in [-0.15, -0.1) is 11.3 Å². The number of hydrogen-bond acceptors (Lipinski definition) is 5. The number of anilines is 1. The summed E-state index contributed by atoms with van der Waals surface area (Å²) in [4.78, 5) is 17.8. The van der Waals surface area contributed by atoms with Gasteiger partial charge >= 0.3 is 0 Å². The average Bonchev–Trinajstić information content (AvgIpc) is 3.14. The van der Waals surface area contributed by atoms with Crippen molar-refractivity contribution in [3.63, 3.8) is 0 Å². The van der Waals surface area contributed by atoms with E-state index in [1.165, 1.54) is 10.6 Å². The molecule has 1 saturated heterocycles. The van der Waals surface area contributed by atoms with Crippen LogP contribution in [-0.2, 0) is 16.1 Å². The molecular weight excluding hydrogens is 360 g/mol. The molecule has 1 amide bonds. The second-order valence-corrected chi connectivity index (χ2v) is 8.35. The topological polar surface area (TPSA) is 42.0 Å². The minimum atomic E-state index is -0.190. The van der Waals surface area contributed by atoms with E-state index < -0.39 is 0 Å². The minimum absolute atomic E-state index is 0.0701. The number of carbonyl (C=O) groups excluding carboxylic acids is 1. The van der Waals surface area contributed by atoms with Crippen molar-refractivity contribution in [2.75, 3.05) is 38.3 Å². The fourth-order valence-electron chi connectivity index (χ4n) is 4.03.